The normalized spacial score (nSPS) is 9.18. The largest absolute Gasteiger partial charge is 0.312 e. The number of hydrogen-bond acceptors (Lipinski definition) is 2. The molecule has 0 N–H and O–H groups in total. The highest BCUT2D eigenvalue weighted by Gasteiger charge is 2.05. The molecule has 1 aromatic heterocycles. The molecule has 0 atom stereocenters. The first kappa shape index (κ1) is 8.25. The quantitative estimate of drug-likeness (QED) is 0.632. The van der Waals surface area contributed by atoms with Crippen molar-refractivity contribution in [3.63, 3.8) is 0 Å². The lowest BCUT2D eigenvalue weighted by atomic mass is 10.3. The lowest BCUT2D eigenvalue weighted by Crippen LogP contribution is -1.89. The van der Waals surface area contributed by atoms with Crippen molar-refractivity contribution in [1.29, 1.82) is 0 Å². The molecule has 0 aliphatic rings. The van der Waals surface area contributed by atoms with E-state index in [4.69, 9.17) is 29.8 Å². The first-order valence-corrected chi connectivity index (χ1v) is 3.50. The maximum Gasteiger partial charge on any atom is 0.242 e. The molecule has 0 aliphatic carbocycles. The molecule has 11 heavy (non-hydrogen) atoms. The van der Waals surface area contributed by atoms with Crippen LogP contribution in [0.1, 0.15) is 5.56 Å². The molecule has 0 radical (unpaired) electrons. The van der Waals surface area contributed by atoms with E-state index in [9.17, 15) is 0 Å². The van der Waals surface area contributed by atoms with Crippen molar-refractivity contribution in [3.8, 4) is 0 Å². The summed E-state index contributed by atoms with van der Waals surface area (Å²) in [4.78, 5) is 3.15. The predicted octanol–water partition coefficient (Wildman–Crippen LogP) is 2.20. The van der Waals surface area contributed by atoms with Crippen LogP contribution in [0.2, 0.25) is 10.3 Å². The van der Waals surface area contributed by atoms with Gasteiger partial charge >= 0.3 is 0 Å². The molecule has 1 heterocycles. The molecular weight excluding hydrogens is 185 g/mol. The lowest BCUT2D eigenvalue weighted by molar-refractivity contribution is 1.00. The third kappa shape index (κ3) is 2.04. The fourth-order valence-corrected chi connectivity index (χ4v) is 0.906. The Hall–Kier alpha value is -0.850. The molecule has 1 rings (SSSR count). The van der Waals surface area contributed by atoms with Crippen LogP contribution in [0.15, 0.2) is 6.07 Å². The molecule has 5 heteroatoms. The van der Waals surface area contributed by atoms with Crippen molar-refractivity contribution in [1.82, 2.24) is 10.2 Å². The van der Waals surface area contributed by atoms with Gasteiger partial charge in [-0.15, -0.1) is 10.2 Å². The minimum absolute atomic E-state index is 0.189. The number of aromatic nitrogens is 2. The number of nitrogens with zero attached hydrogens (tertiary/aromatic N) is 3. The molecule has 0 saturated heterocycles. The molecule has 3 nitrogen and oxygen atoms in total. The van der Waals surface area contributed by atoms with Crippen molar-refractivity contribution in [3.05, 3.63) is 33.4 Å². The van der Waals surface area contributed by atoms with Gasteiger partial charge in [0.2, 0.25) is 6.54 Å². The lowest BCUT2D eigenvalue weighted by Gasteiger charge is -1.93. The predicted molar refractivity (Wildman–Crippen MR) is 42.4 cm³/mol. The van der Waals surface area contributed by atoms with Crippen LogP contribution in [0.4, 0.5) is 0 Å². The van der Waals surface area contributed by atoms with E-state index >= 15 is 0 Å². The molecule has 0 amide bonds. The molecular formula is C6H3Cl2N3. The van der Waals surface area contributed by atoms with Crippen molar-refractivity contribution in [2.75, 3.05) is 0 Å². The third-order valence-electron chi connectivity index (χ3n) is 1.04. The highest BCUT2D eigenvalue weighted by Crippen LogP contribution is 2.15. The monoisotopic (exact) mass is 187 g/mol. The van der Waals surface area contributed by atoms with Crippen molar-refractivity contribution < 1.29 is 0 Å². The second-order valence-electron chi connectivity index (χ2n) is 1.80. The van der Waals surface area contributed by atoms with Crippen LogP contribution in [0, 0.1) is 6.57 Å². The SMILES string of the molecule is [C-]#[N+]Cc1cc(Cl)nnc1Cl. The van der Waals surface area contributed by atoms with E-state index in [0.29, 0.717) is 5.56 Å². The topological polar surface area (TPSA) is 30.1 Å². The molecule has 0 aromatic carbocycles. The smallest absolute Gasteiger partial charge is 0.242 e. The summed E-state index contributed by atoms with van der Waals surface area (Å²) in [6, 6.07) is 1.54. The second kappa shape index (κ2) is 3.51. The molecule has 0 aliphatic heterocycles. The van der Waals surface area contributed by atoms with Crippen LogP contribution in [0.25, 0.3) is 4.85 Å². The molecule has 0 fully saturated rings. The van der Waals surface area contributed by atoms with Crippen LogP contribution >= 0.6 is 23.2 Å². The van der Waals surface area contributed by atoms with Gasteiger partial charge in [0.05, 0.1) is 5.56 Å². The van der Waals surface area contributed by atoms with Gasteiger partial charge in [0.15, 0.2) is 10.3 Å². The van der Waals surface area contributed by atoms with Gasteiger partial charge in [0.1, 0.15) is 0 Å². The standard InChI is InChI=1S/C6H3Cl2N3/c1-9-3-4-2-5(7)10-11-6(4)8/h2H,3H2. The minimum atomic E-state index is 0.189. The Bertz CT molecular complexity index is 305. The van der Waals surface area contributed by atoms with Crippen molar-refractivity contribution in [2.24, 2.45) is 0 Å². The van der Waals surface area contributed by atoms with Gasteiger partial charge in [-0.3, -0.25) is 0 Å². The average molecular weight is 188 g/mol. The molecule has 0 spiro atoms. The van der Waals surface area contributed by atoms with Crippen LogP contribution in [-0.2, 0) is 6.54 Å². The average Bonchev–Trinajstić information content (AvgIpc) is 1.98. The zero-order chi connectivity index (χ0) is 8.27. The Labute approximate surface area is 73.8 Å². The van der Waals surface area contributed by atoms with Crippen LogP contribution in [-0.4, -0.2) is 10.2 Å². The summed E-state index contributed by atoms with van der Waals surface area (Å²) >= 11 is 11.1. The molecule has 1 aromatic rings. The van der Waals surface area contributed by atoms with E-state index in [2.05, 4.69) is 15.0 Å². The Morgan fingerprint density at radius 3 is 2.82 bits per heavy atom. The highest BCUT2D eigenvalue weighted by atomic mass is 35.5. The summed E-state index contributed by atoms with van der Waals surface area (Å²) in [7, 11) is 0. The summed E-state index contributed by atoms with van der Waals surface area (Å²) in [5.41, 5.74) is 0.613. The summed E-state index contributed by atoms with van der Waals surface area (Å²) < 4.78 is 0. The van der Waals surface area contributed by atoms with Crippen molar-refractivity contribution in [2.45, 2.75) is 6.54 Å². The number of rotatable bonds is 1. The number of hydrogen-bond donors (Lipinski definition) is 0. The van der Waals surface area contributed by atoms with Crippen LogP contribution in [0.3, 0.4) is 0 Å². The van der Waals surface area contributed by atoms with E-state index in [1.165, 1.54) is 6.07 Å². The van der Waals surface area contributed by atoms with Gasteiger partial charge in [0.25, 0.3) is 0 Å². The van der Waals surface area contributed by atoms with Crippen LogP contribution < -0.4 is 0 Å². The molecule has 0 saturated carbocycles. The van der Waals surface area contributed by atoms with Gasteiger partial charge in [-0.2, -0.15) is 0 Å². The summed E-state index contributed by atoms with van der Waals surface area (Å²) in [6.07, 6.45) is 0. The maximum atomic E-state index is 6.58. The fraction of sp³-hybridized carbons (Fsp3) is 0.167. The van der Waals surface area contributed by atoms with E-state index in [0.717, 1.165) is 0 Å². The Balaban J connectivity index is 3.05. The van der Waals surface area contributed by atoms with E-state index in [-0.39, 0.29) is 16.9 Å². The van der Waals surface area contributed by atoms with E-state index in [1.54, 1.807) is 0 Å². The first-order valence-electron chi connectivity index (χ1n) is 2.75. The first-order chi connectivity index (χ1) is 5.24. The third-order valence-corrected chi connectivity index (χ3v) is 1.54. The summed E-state index contributed by atoms with van der Waals surface area (Å²) in [6.45, 7) is 6.77. The van der Waals surface area contributed by atoms with E-state index < -0.39 is 0 Å². The van der Waals surface area contributed by atoms with Crippen molar-refractivity contribution >= 4 is 23.2 Å². The summed E-state index contributed by atoms with van der Waals surface area (Å²) in [5, 5.41) is 7.54. The minimum Gasteiger partial charge on any atom is -0.312 e. The Kier molecular flexibility index (Phi) is 2.64. The van der Waals surface area contributed by atoms with Gasteiger partial charge in [-0.05, 0) is 6.07 Å². The van der Waals surface area contributed by atoms with Gasteiger partial charge in [-0.1, -0.05) is 23.2 Å². The zero-order valence-electron chi connectivity index (χ0n) is 5.38. The molecule has 56 valence electrons. The van der Waals surface area contributed by atoms with Gasteiger partial charge in [-0.25, -0.2) is 6.57 Å². The van der Waals surface area contributed by atoms with Gasteiger partial charge < -0.3 is 4.85 Å². The molecule has 0 bridgehead atoms. The van der Waals surface area contributed by atoms with Gasteiger partial charge in [0, 0.05) is 0 Å². The fourth-order valence-electron chi connectivity index (χ4n) is 0.584. The van der Waals surface area contributed by atoms with E-state index in [1.807, 2.05) is 0 Å². The highest BCUT2D eigenvalue weighted by molar-refractivity contribution is 6.31. The van der Waals surface area contributed by atoms with Crippen LogP contribution in [0.5, 0.6) is 0 Å². The maximum absolute atomic E-state index is 6.58. The summed E-state index contributed by atoms with van der Waals surface area (Å²) in [5.74, 6) is 0. The number of halogens is 2. The molecule has 0 unspecified atom stereocenters. The second-order valence-corrected chi connectivity index (χ2v) is 2.54. The Morgan fingerprint density at radius 1 is 1.45 bits per heavy atom. The zero-order valence-corrected chi connectivity index (χ0v) is 6.89. The Morgan fingerprint density at radius 2 is 2.18 bits per heavy atom.